The van der Waals surface area contributed by atoms with E-state index in [1.807, 2.05) is 78.9 Å². The van der Waals surface area contributed by atoms with E-state index in [2.05, 4.69) is 29.3 Å². The Morgan fingerprint density at radius 1 is 0.800 bits per heavy atom. The standard InChI is InChI=1S/C25H24N4O2.C4H6/c26-25(29-27)14-19-7-1-2-8-20(19)16-30-22-9-5-10-23(15-22)31-17-21-13-12-18-6-3-4-11-24(18)28-21;1-3-4-2/h1-13,15H,14,16-17,27H2,(H2,26,29);3-4H,1-2H2. The predicted octanol–water partition coefficient (Wildman–Crippen LogP) is 5.52. The Balaban J connectivity index is 0.000000795. The highest BCUT2D eigenvalue weighted by Crippen LogP contribution is 2.22. The Morgan fingerprint density at radius 3 is 2.17 bits per heavy atom. The fourth-order valence-corrected chi connectivity index (χ4v) is 3.27. The lowest BCUT2D eigenvalue weighted by molar-refractivity contribution is 0.287. The molecule has 3 aromatic carbocycles. The van der Waals surface area contributed by atoms with Gasteiger partial charge in [0, 0.05) is 17.9 Å². The monoisotopic (exact) mass is 466 g/mol. The van der Waals surface area contributed by atoms with Gasteiger partial charge in [0.25, 0.3) is 0 Å². The molecular weight excluding hydrogens is 436 g/mol. The summed E-state index contributed by atoms with van der Waals surface area (Å²) in [4.78, 5) is 4.64. The van der Waals surface area contributed by atoms with E-state index in [1.54, 1.807) is 12.2 Å². The predicted molar refractivity (Wildman–Crippen MR) is 143 cm³/mol. The maximum Gasteiger partial charge on any atom is 0.130 e. The highest BCUT2D eigenvalue weighted by atomic mass is 16.5. The number of amidine groups is 1. The Kier molecular flexibility index (Phi) is 9.45. The zero-order chi connectivity index (χ0) is 24.9. The van der Waals surface area contributed by atoms with Gasteiger partial charge in [-0.25, -0.2) is 4.98 Å². The number of allylic oxidation sites excluding steroid dienone is 2. The number of pyridine rings is 1. The Morgan fingerprint density at radius 2 is 1.46 bits per heavy atom. The molecule has 4 N–H and O–H groups in total. The Hall–Kier alpha value is -4.58. The summed E-state index contributed by atoms with van der Waals surface area (Å²) < 4.78 is 11.9. The van der Waals surface area contributed by atoms with E-state index in [9.17, 15) is 0 Å². The van der Waals surface area contributed by atoms with E-state index in [4.69, 9.17) is 21.1 Å². The Bertz CT molecular complexity index is 1290. The normalized spacial score (nSPS) is 10.7. The molecule has 4 aromatic rings. The van der Waals surface area contributed by atoms with Crippen LogP contribution in [0.25, 0.3) is 10.9 Å². The number of aromatic nitrogens is 1. The summed E-state index contributed by atoms with van der Waals surface area (Å²) in [6.07, 6.45) is 3.76. The van der Waals surface area contributed by atoms with Crippen LogP contribution in [-0.2, 0) is 19.6 Å². The maximum absolute atomic E-state index is 5.99. The summed E-state index contributed by atoms with van der Waals surface area (Å²) in [7, 11) is 0. The molecule has 0 aliphatic heterocycles. The van der Waals surface area contributed by atoms with Crippen molar-refractivity contribution in [2.24, 2.45) is 16.7 Å². The molecule has 0 bridgehead atoms. The quantitative estimate of drug-likeness (QED) is 0.111. The van der Waals surface area contributed by atoms with E-state index in [-0.39, 0.29) is 0 Å². The second-order valence-electron chi connectivity index (χ2n) is 7.58. The van der Waals surface area contributed by atoms with Crippen molar-refractivity contribution in [2.45, 2.75) is 19.6 Å². The van der Waals surface area contributed by atoms with Gasteiger partial charge in [0.05, 0.1) is 11.2 Å². The lowest BCUT2D eigenvalue weighted by Crippen LogP contribution is -2.18. The van der Waals surface area contributed by atoms with Crippen LogP contribution in [0.15, 0.2) is 115 Å². The zero-order valence-corrected chi connectivity index (χ0v) is 19.6. The summed E-state index contributed by atoms with van der Waals surface area (Å²) in [5.41, 5.74) is 9.67. The number of hydrogen-bond donors (Lipinski definition) is 2. The van der Waals surface area contributed by atoms with Gasteiger partial charge >= 0.3 is 0 Å². The molecule has 178 valence electrons. The average molecular weight is 467 g/mol. The first-order chi connectivity index (χ1) is 17.1. The topological polar surface area (TPSA) is 95.8 Å². The number of para-hydroxylation sites is 1. The molecule has 6 nitrogen and oxygen atoms in total. The van der Waals surface area contributed by atoms with Gasteiger partial charge in [0.15, 0.2) is 0 Å². The molecule has 1 aromatic heterocycles. The zero-order valence-electron chi connectivity index (χ0n) is 19.6. The maximum atomic E-state index is 5.99. The smallest absolute Gasteiger partial charge is 0.130 e. The molecule has 0 saturated heterocycles. The first kappa shape index (κ1) is 25.1. The molecule has 1 heterocycles. The van der Waals surface area contributed by atoms with Crippen LogP contribution in [0.1, 0.15) is 16.8 Å². The van der Waals surface area contributed by atoms with Gasteiger partial charge in [0.2, 0.25) is 0 Å². The number of ether oxygens (including phenoxy) is 2. The molecule has 0 atom stereocenters. The molecule has 0 aliphatic rings. The molecule has 0 saturated carbocycles. The minimum Gasteiger partial charge on any atom is -0.489 e. The van der Waals surface area contributed by atoms with Crippen molar-refractivity contribution in [1.82, 2.24) is 4.98 Å². The number of nitrogens with two attached hydrogens (primary N) is 2. The van der Waals surface area contributed by atoms with Crippen LogP contribution in [-0.4, -0.2) is 10.8 Å². The molecule has 6 heteroatoms. The van der Waals surface area contributed by atoms with Crippen LogP contribution < -0.4 is 21.1 Å². The number of hydrazone groups is 1. The van der Waals surface area contributed by atoms with Crippen molar-refractivity contribution in [3.05, 3.63) is 127 Å². The molecule has 35 heavy (non-hydrogen) atoms. The van der Waals surface area contributed by atoms with Gasteiger partial charge in [-0.15, -0.1) is 0 Å². The molecule has 0 spiro atoms. The van der Waals surface area contributed by atoms with Crippen LogP contribution in [0.5, 0.6) is 11.5 Å². The summed E-state index contributed by atoms with van der Waals surface area (Å²) >= 11 is 0. The first-order valence-corrected chi connectivity index (χ1v) is 11.2. The molecule has 0 unspecified atom stereocenters. The van der Waals surface area contributed by atoms with Crippen molar-refractivity contribution in [3.8, 4) is 11.5 Å². The van der Waals surface area contributed by atoms with Crippen molar-refractivity contribution >= 4 is 16.7 Å². The van der Waals surface area contributed by atoms with Crippen molar-refractivity contribution in [1.29, 1.82) is 0 Å². The van der Waals surface area contributed by atoms with Crippen molar-refractivity contribution < 1.29 is 9.47 Å². The molecule has 4 rings (SSSR count). The molecule has 0 fully saturated rings. The number of hydrogen-bond acceptors (Lipinski definition) is 5. The SMILES string of the molecule is C=CC=C.N/N=C(\N)Cc1ccccc1COc1cccc(OCc2ccc3ccccc3n2)c1. The van der Waals surface area contributed by atoms with Crippen molar-refractivity contribution in [3.63, 3.8) is 0 Å². The van der Waals surface area contributed by atoms with E-state index in [1.165, 1.54) is 0 Å². The average Bonchev–Trinajstić information content (AvgIpc) is 2.91. The third-order valence-corrected chi connectivity index (χ3v) is 5.07. The van der Waals surface area contributed by atoms with E-state index >= 15 is 0 Å². The van der Waals surface area contributed by atoms with Crippen LogP contribution in [0.3, 0.4) is 0 Å². The van der Waals surface area contributed by atoms with Crippen LogP contribution in [0, 0.1) is 0 Å². The van der Waals surface area contributed by atoms with Crippen molar-refractivity contribution in [2.75, 3.05) is 0 Å². The van der Waals surface area contributed by atoms with Gasteiger partial charge < -0.3 is 21.1 Å². The number of rotatable bonds is 9. The van der Waals surface area contributed by atoms with E-state index in [0.717, 1.165) is 39.2 Å². The van der Waals surface area contributed by atoms with Crippen LogP contribution in [0.2, 0.25) is 0 Å². The fourth-order valence-electron chi connectivity index (χ4n) is 3.27. The fraction of sp³-hybridized carbons (Fsp3) is 0.103. The Labute approximate surface area is 206 Å². The largest absolute Gasteiger partial charge is 0.489 e. The second kappa shape index (κ2) is 13.2. The molecule has 0 aliphatic carbocycles. The van der Waals surface area contributed by atoms with Gasteiger partial charge in [-0.3, -0.25) is 0 Å². The lowest BCUT2D eigenvalue weighted by atomic mass is 10.0. The summed E-state index contributed by atoms with van der Waals surface area (Å²) in [6, 6.07) is 27.6. The number of benzene rings is 3. The van der Waals surface area contributed by atoms with Crippen LogP contribution >= 0.6 is 0 Å². The highest BCUT2D eigenvalue weighted by molar-refractivity contribution is 5.82. The van der Waals surface area contributed by atoms with E-state index in [0.29, 0.717) is 25.5 Å². The van der Waals surface area contributed by atoms with Crippen LogP contribution in [0.4, 0.5) is 0 Å². The number of fused-ring (bicyclic) bond motifs is 1. The minimum absolute atomic E-state index is 0.380. The molecular formula is C29H30N4O2. The number of nitrogens with zero attached hydrogens (tertiary/aromatic N) is 2. The minimum atomic E-state index is 0.380. The third-order valence-electron chi connectivity index (χ3n) is 5.07. The van der Waals surface area contributed by atoms with Gasteiger partial charge in [0.1, 0.15) is 30.5 Å². The summed E-state index contributed by atoms with van der Waals surface area (Å²) in [5.74, 6) is 7.09. The molecule has 0 amide bonds. The molecule has 0 radical (unpaired) electrons. The summed E-state index contributed by atoms with van der Waals surface area (Å²) in [5, 5.41) is 4.66. The van der Waals surface area contributed by atoms with Gasteiger partial charge in [-0.05, 0) is 35.4 Å². The second-order valence-corrected chi connectivity index (χ2v) is 7.58. The van der Waals surface area contributed by atoms with Gasteiger partial charge in [-0.1, -0.05) is 79.9 Å². The summed E-state index contributed by atoms with van der Waals surface area (Å²) in [6.45, 7) is 7.51. The third kappa shape index (κ3) is 7.75. The van der Waals surface area contributed by atoms with E-state index < -0.39 is 0 Å². The first-order valence-electron chi connectivity index (χ1n) is 11.2. The lowest BCUT2D eigenvalue weighted by Gasteiger charge is -2.12. The van der Waals surface area contributed by atoms with Gasteiger partial charge in [-0.2, -0.15) is 5.10 Å². The highest BCUT2D eigenvalue weighted by Gasteiger charge is 2.06.